The maximum Gasteiger partial charge on any atom is 0.434 e. The first-order chi connectivity index (χ1) is 27.3. The average molecular weight is 755 g/mol. The first kappa shape index (κ1) is 39.2. The third-order valence-corrected chi connectivity index (χ3v) is 9.51. The van der Waals surface area contributed by atoms with E-state index >= 15 is 0 Å². The minimum Gasteiger partial charge on any atom is -0.463 e. The molecule has 5 aromatic carbocycles. The van der Waals surface area contributed by atoms with E-state index in [1.165, 1.54) is 0 Å². The zero-order valence-corrected chi connectivity index (χ0v) is 31.3. The van der Waals surface area contributed by atoms with Gasteiger partial charge in [-0.05, 0) is 61.3 Å². The van der Waals surface area contributed by atoms with E-state index in [0.717, 1.165) is 21.1 Å². The Kier molecular flexibility index (Phi) is 13.4. The summed E-state index contributed by atoms with van der Waals surface area (Å²) < 4.78 is 6.16. The van der Waals surface area contributed by atoms with Crippen LogP contribution in [0, 0.1) is 0 Å². The molecule has 12 heteroatoms. The number of piperidine rings is 1. The lowest BCUT2D eigenvalue weighted by molar-refractivity contribution is -0.116. The maximum atomic E-state index is 14.5. The fourth-order valence-electron chi connectivity index (χ4n) is 6.70. The van der Waals surface area contributed by atoms with Gasteiger partial charge in [-0.1, -0.05) is 103 Å². The summed E-state index contributed by atoms with van der Waals surface area (Å²) in [5.41, 5.74) is 4.54. The molecule has 5 aromatic rings. The van der Waals surface area contributed by atoms with E-state index in [2.05, 4.69) is 20.9 Å². The van der Waals surface area contributed by atoms with Crippen LogP contribution in [0.2, 0.25) is 0 Å². The number of hydrazine groups is 1. The van der Waals surface area contributed by atoms with Crippen molar-refractivity contribution in [1.29, 1.82) is 0 Å². The van der Waals surface area contributed by atoms with Crippen LogP contribution in [-0.2, 0) is 9.53 Å². The fraction of sp³-hybridized carbons (Fsp3) is 0.227. The summed E-state index contributed by atoms with van der Waals surface area (Å²) in [4.78, 5) is 55.0. The molecule has 1 fully saturated rings. The summed E-state index contributed by atoms with van der Waals surface area (Å²) in [5, 5.41) is 21.7. The minimum absolute atomic E-state index is 0.136. The number of likely N-dealkylation sites (tertiary alicyclic amines) is 1. The van der Waals surface area contributed by atoms with Crippen LogP contribution < -0.4 is 26.0 Å². The van der Waals surface area contributed by atoms with E-state index in [9.17, 15) is 24.3 Å². The van der Waals surface area contributed by atoms with Crippen molar-refractivity contribution in [2.75, 3.05) is 55.1 Å². The van der Waals surface area contributed by atoms with Gasteiger partial charge in [0.15, 0.2) is 0 Å². The lowest BCUT2D eigenvalue weighted by Crippen LogP contribution is -2.52. The van der Waals surface area contributed by atoms with E-state index in [-0.39, 0.29) is 11.8 Å². The predicted molar refractivity (Wildman–Crippen MR) is 219 cm³/mol. The Bertz CT molecular complexity index is 2110. The van der Waals surface area contributed by atoms with Crippen molar-refractivity contribution >= 4 is 41.1 Å². The van der Waals surface area contributed by atoms with Gasteiger partial charge in [-0.25, -0.2) is 9.59 Å². The van der Waals surface area contributed by atoms with Crippen LogP contribution in [0.3, 0.4) is 0 Å². The Balaban J connectivity index is 1.15. The van der Waals surface area contributed by atoms with Crippen molar-refractivity contribution in [3.8, 4) is 22.3 Å². The molecule has 0 atom stereocenters. The highest BCUT2D eigenvalue weighted by Crippen LogP contribution is 2.38. The number of hydrogen-bond donors (Lipinski definition) is 4. The molecular weight excluding hydrogens is 709 g/mol. The molecule has 12 nitrogen and oxygen atoms in total. The molecule has 6 rings (SSSR count). The maximum absolute atomic E-state index is 14.5. The first-order valence-corrected chi connectivity index (χ1v) is 18.7. The van der Waals surface area contributed by atoms with Gasteiger partial charge in [0.05, 0.1) is 11.4 Å². The molecule has 0 spiro atoms. The average Bonchev–Trinajstić information content (AvgIpc) is 3.23. The van der Waals surface area contributed by atoms with Gasteiger partial charge in [-0.3, -0.25) is 9.59 Å². The molecule has 0 unspecified atom stereocenters. The van der Waals surface area contributed by atoms with Crippen LogP contribution in [0.5, 0.6) is 0 Å². The van der Waals surface area contributed by atoms with Crippen LogP contribution in [-0.4, -0.2) is 79.9 Å². The Morgan fingerprint density at radius 2 is 1.29 bits per heavy atom. The van der Waals surface area contributed by atoms with Gasteiger partial charge >= 0.3 is 12.2 Å². The van der Waals surface area contributed by atoms with Crippen LogP contribution in [0.25, 0.3) is 22.3 Å². The number of carbonyl (C=O) groups excluding carboxylic acids is 3. The number of hydrogen-bond acceptors (Lipinski definition) is 7. The lowest BCUT2D eigenvalue weighted by Gasteiger charge is -2.36. The highest BCUT2D eigenvalue weighted by molar-refractivity contribution is 6.06. The van der Waals surface area contributed by atoms with Crippen LogP contribution in [0.15, 0.2) is 133 Å². The summed E-state index contributed by atoms with van der Waals surface area (Å²) in [5.74, 6) is -0.379. The number of ether oxygens (including phenoxy) is 1. The normalized spacial score (nSPS) is 13.0. The Morgan fingerprint density at radius 1 is 0.714 bits per heavy atom. The van der Waals surface area contributed by atoms with Gasteiger partial charge in [0.1, 0.15) is 6.10 Å². The van der Waals surface area contributed by atoms with E-state index in [1.807, 2.05) is 84.9 Å². The molecule has 1 aliphatic heterocycles. The highest BCUT2D eigenvalue weighted by atomic mass is 16.6. The number of carbonyl (C=O) groups is 4. The number of benzene rings is 5. The molecule has 0 saturated carbocycles. The van der Waals surface area contributed by atoms with Gasteiger partial charge in [-0.2, -0.15) is 10.0 Å². The van der Waals surface area contributed by atoms with Crippen LogP contribution in [0.4, 0.5) is 26.7 Å². The Morgan fingerprint density at radius 3 is 1.88 bits per heavy atom. The van der Waals surface area contributed by atoms with Crippen molar-refractivity contribution in [3.05, 3.63) is 139 Å². The highest BCUT2D eigenvalue weighted by Gasteiger charge is 2.35. The molecule has 0 radical (unpaired) electrons. The van der Waals surface area contributed by atoms with Crippen molar-refractivity contribution in [2.24, 2.45) is 0 Å². The van der Waals surface area contributed by atoms with Crippen molar-refractivity contribution in [3.63, 3.8) is 0 Å². The zero-order valence-electron chi connectivity index (χ0n) is 31.3. The summed E-state index contributed by atoms with van der Waals surface area (Å²) in [7, 11) is 1.78. The number of nitrogens with zero attached hydrogens (tertiary/aromatic N) is 3. The summed E-state index contributed by atoms with van der Waals surface area (Å²) in [6.45, 7) is 2.78. The molecule has 288 valence electrons. The van der Waals surface area contributed by atoms with Crippen LogP contribution >= 0.6 is 0 Å². The molecule has 4 amide bonds. The van der Waals surface area contributed by atoms with E-state index in [1.54, 1.807) is 55.6 Å². The van der Waals surface area contributed by atoms with E-state index in [0.29, 0.717) is 85.7 Å². The molecule has 56 heavy (non-hydrogen) atoms. The topological polar surface area (TPSA) is 144 Å². The van der Waals surface area contributed by atoms with Crippen LogP contribution in [0.1, 0.15) is 29.6 Å². The largest absolute Gasteiger partial charge is 0.463 e. The second-order valence-corrected chi connectivity index (χ2v) is 13.3. The van der Waals surface area contributed by atoms with Gasteiger partial charge in [0.25, 0.3) is 5.91 Å². The fourth-order valence-corrected chi connectivity index (χ4v) is 6.70. The number of anilines is 3. The minimum atomic E-state index is -1.36. The van der Waals surface area contributed by atoms with Gasteiger partial charge < -0.3 is 30.7 Å². The van der Waals surface area contributed by atoms with Gasteiger partial charge in [0, 0.05) is 61.5 Å². The smallest absolute Gasteiger partial charge is 0.434 e. The number of para-hydroxylation sites is 2. The monoisotopic (exact) mass is 754 g/mol. The Hall–Kier alpha value is -6.50. The molecule has 4 N–H and O–H groups in total. The van der Waals surface area contributed by atoms with Gasteiger partial charge in [0.2, 0.25) is 5.91 Å². The molecule has 1 heterocycles. The molecule has 0 aliphatic carbocycles. The quantitative estimate of drug-likeness (QED) is 0.0906. The number of nitrogens with one attached hydrogen (secondary N) is 3. The standard InChI is InChI=1S/C44H46N6O6/c1-45-26-23-41(51)47-35-18-12-17-34(31-35)42(52)46-27-30-48-28-24-36(25-29-48)56-44(55)50(40-22-11-9-20-38(40)33-15-6-3-7-16-33)49(43(53)54)39-21-10-8-19-37(39)32-13-4-2-5-14-32/h2-22,31,36,45H,23-30H2,1H3,(H,46,52)(H,47,51)(H,53,54). The van der Waals surface area contributed by atoms with Crippen molar-refractivity contribution in [1.82, 2.24) is 15.5 Å². The predicted octanol–water partition coefficient (Wildman–Crippen LogP) is 7.51. The summed E-state index contributed by atoms with van der Waals surface area (Å²) in [6, 6.07) is 40.0. The van der Waals surface area contributed by atoms with E-state index in [4.69, 9.17) is 4.74 Å². The second-order valence-electron chi connectivity index (χ2n) is 13.3. The number of rotatable bonds is 13. The molecular formula is C44H46N6O6. The van der Waals surface area contributed by atoms with E-state index < -0.39 is 18.3 Å². The Labute approximate surface area is 326 Å². The number of amides is 4. The third-order valence-electron chi connectivity index (χ3n) is 9.51. The van der Waals surface area contributed by atoms with Gasteiger partial charge in [-0.15, -0.1) is 0 Å². The molecule has 0 bridgehead atoms. The third kappa shape index (κ3) is 9.97. The number of carboxylic acid groups (broad SMARTS) is 1. The summed E-state index contributed by atoms with van der Waals surface area (Å²) in [6.07, 6.45) is -1.26. The first-order valence-electron chi connectivity index (χ1n) is 18.7. The SMILES string of the molecule is CNCCC(=O)Nc1cccc(C(=O)NCCN2CCC(OC(=O)N(c3ccccc3-c3ccccc3)N(C(=O)O)c3ccccc3-c3ccccc3)CC2)c1. The molecule has 1 aliphatic rings. The van der Waals surface area contributed by atoms with Crippen molar-refractivity contribution in [2.45, 2.75) is 25.4 Å². The lowest BCUT2D eigenvalue weighted by atomic mass is 10.0. The second kappa shape index (κ2) is 19.2. The summed E-state index contributed by atoms with van der Waals surface area (Å²) >= 11 is 0. The molecule has 1 saturated heterocycles. The molecule has 0 aromatic heterocycles. The van der Waals surface area contributed by atoms with Crippen molar-refractivity contribution < 1.29 is 29.0 Å². The zero-order chi connectivity index (χ0) is 39.3.